The summed E-state index contributed by atoms with van der Waals surface area (Å²) < 4.78 is 6.01. The Morgan fingerprint density at radius 1 is 1.19 bits per heavy atom. The summed E-state index contributed by atoms with van der Waals surface area (Å²) in [5.41, 5.74) is -0.0609. The number of likely N-dealkylation sites (N-methyl/N-ethyl adjacent to an activating group) is 1. The first-order valence-electron chi connectivity index (χ1n) is 6.47. The molecule has 0 aliphatic rings. The molecule has 0 aromatic rings. The number of rotatable bonds is 8. The maximum atomic E-state index is 6.01. The van der Waals surface area contributed by atoms with E-state index in [-0.39, 0.29) is 5.60 Å². The zero-order valence-corrected chi connectivity index (χ0v) is 11.5. The Hall–Kier alpha value is -0.520. The number of hydrogen-bond acceptors (Lipinski definition) is 2. The van der Waals surface area contributed by atoms with Gasteiger partial charge in [-0.1, -0.05) is 20.8 Å². The van der Waals surface area contributed by atoms with Crippen molar-refractivity contribution < 1.29 is 4.74 Å². The van der Waals surface area contributed by atoms with Gasteiger partial charge < -0.3 is 10.1 Å². The van der Waals surface area contributed by atoms with Gasteiger partial charge in [-0.2, -0.15) is 0 Å². The van der Waals surface area contributed by atoms with Crippen LogP contribution in [0.25, 0.3) is 0 Å². The lowest BCUT2D eigenvalue weighted by Gasteiger charge is -2.39. The van der Waals surface area contributed by atoms with Crippen LogP contribution in [0.4, 0.5) is 0 Å². The maximum absolute atomic E-state index is 6.01. The quantitative estimate of drug-likeness (QED) is 0.641. The van der Waals surface area contributed by atoms with Gasteiger partial charge in [0.2, 0.25) is 0 Å². The molecule has 1 atom stereocenters. The van der Waals surface area contributed by atoms with Crippen LogP contribution < -0.4 is 5.32 Å². The summed E-state index contributed by atoms with van der Waals surface area (Å²) in [5, 5.41) is 3.52. The van der Waals surface area contributed by atoms with Crippen molar-refractivity contribution in [3.63, 3.8) is 0 Å². The van der Waals surface area contributed by atoms with E-state index in [9.17, 15) is 0 Å². The van der Waals surface area contributed by atoms with Gasteiger partial charge in [0, 0.05) is 19.1 Å². The van der Waals surface area contributed by atoms with Gasteiger partial charge in [0.25, 0.3) is 0 Å². The molecule has 0 aromatic heterocycles. The number of hydrogen-bond donors (Lipinski definition) is 1. The predicted molar refractivity (Wildman–Crippen MR) is 70.5 cm³/mol. The van der Waals surface area contributed by atoms with Crippen LogP contribution in [0.15, 0.2) is 0 Å². The van der Waals surface area contributed by atoms with Gasteiger partial charge in [-0.3, -0.25) is 0 Å². The largest absolute Gasteiger partial charge is 0.374 e. The smallest absolute Gasteiger partial charge is 0.0838 e. The second-order valence-electron chi connectivity index (χ2n) is 3.95. The van der Waals surface area contributed by atoms with Crippen molar-refractivity contribution in [1.82, 2.24) is 5.32 Å². The molecule has 1 unspecified atom stereocenters. The molecule has 94 valence electrons. The van der Waals surface area contributed by atoms with Crippen molar-refractivity contribution in [3.8, 4) is 11.8 Å². The van der Waals surface area contributed by atoms with E-state index in [1.165, 1.54) is 0 Å². The first-order chi connectivity index (χ1) is 7.70. The zero-order chi connectivity index (χ0) is 12.4. The minimum absolute atomic E-state index is 0.0609. The molecule has 0 aromatic carbocycles. The lowest BCUT2D eigenvalue weighted by Crippen LogP contribution is -2.51. The molecule has 0 spiro atoms. The molecular formula is C14H27NO. The second-order valence-corrected chi connectivity index (χ2v) is 3.95. The van der Waals surface area contributed by atoms with Crippen LogP contribution in [-0.2, 0) is 4.74 Å². The fraction of sp³-hybridized carbons (Fsp3) is 0.857. The lowest BCUT2D eigenvalue weighted by molar-refractivity contribution is -0.0705. The van der Waals surface area contributed by atoms with Crippen LogP contribution >= 0.6 is 0 Å². The van der Waals surface area contributed by atoms with Crippen molar-refractivity contribution in [3.05, 3.63) is 0 Å². The van der Waals surface area contributed by atoms with E-state index in [4.69, 9.17) is 4.74 Å². The van der Waals surface area contributed by atoms with E-state index in [1.54, 1.807) is 0 Å². The zero-order valence-electron chi connectivity index (χ0n) is 11.5. The third-order valence-corrected chi connectivity index (χ3v) is 3.20. The molecule has 0 rings (SSSR count). The van der Waals surface area contributed by atoms with Crippen LogP contribution in [0.3, 0.4) is 0 Å². The molecule has 0 heterocycles. The molecule has 0 fully saturated rings. The molecule has 0 aliphatic heterocycles. The van der Waals surface area contributed by atoms with E-state index in [0.717, 1.165) is 32.4 Å². The second kappa shape index (κ2) is 8.61. The molecule has 2 heteroatoms. The third-order valence-electron chi connectivity index (χ3n) is 3.20. The van der Waals surface area contributed by atoms with Crippen LogP contribution in [0, 0.1) is 11.8 Å². The van der Waals surface area contributed by atoms with Crippen molar-refractivity contribution >= 4 is 0 Å². The van der Waals surface area contributed by atoms with Gasteiger partial charge in [-0.05, 0) is 33.2 Å². The lowest BCUT2D eigenvalue weighted by atomic mass is 9.86. The fourth-order valence-corrected chi connectivity index (χ4v) is 2.23. The fourth-order valence-electron chi connectivity index (χ4n) is 2.23. The molecule has 1 N–H and O–H groups in total. The summed E-state index contributed by atoms with van der Waals surface area (Å²) >= 11 is 0. The summed E-state index contributed by atoms with van der Waals surface area (Å²) in [6, 6.07) is 0.333. The van der Waals surface area contributed by atoms with E-state index in [1.807, 2.05) is 6.92 Å². The highest BCUT2D eigenvalue weighted by Crippen LogP contribution is 2.26. The highest BCUT2D eigenvalue weighted by Gasteiger charge is 2.35. The minimum Gasteiger partial charge on any atom is -0.374 e. The Bertz CT molecular complexity index is 223. The van der Waals surface area contributed by atoms with E-state index in [0.29, 0.717) is 6.04 Å². The Balaban J connectivity index is 4.79. The van der Waals surface area contributed by atoms with Gasteiger partial charge in [0.05, 0.1) is 5.60 Å². The Morgan fingerprint density at radius 3 is 2.19 bits per heavy atom. The first-order valence-corrected chi connectivity index (χ1v) is 6.47. The van der Waals surface area contributed by atoms with Crippen molar-refractivity contribution in [2.24, 2.45) is 0 Å². The predicted octanol–water partition coefficient (Wildman–Crippen LogP) is 2.97. The molecule has 0 saturated heterocycles. The molecule has 0 saturated carbocycles. The van der Waals surface area contributed by atoms with Crippen LogP contribution in [0.5, 0.6) is 0 Å². The topological polar surface area (TPSA) is 21.3 Å². The maximum Gasteiger partial charge on any atom is 0.0838 e. The Morgan fingerprint density at radius 2 is 1.81 bits per heavy atom. The third kappa shape index (κ3) is 4.15. The van der Waals surface area contributed by atoms with Crippen LogP contribution in [0.1, 0.15) is 53.9 Å². The van der Waals surface area contributed by atoms with Gasteiger partial charge in [-0.25, -0.2) is 0 Å². The van der Waals surface area contributed by atoms with Gasteiger partial charge in [0.15, 0.2) is 0 Å². The molecule has 0 bridgehead atoms. The van der Waals surface area contributed by atoms with E-state index < -0.39 is 0 Å². The first kappa shape index (κ1) is 15.5. The summed E-state index contributed by atoms with van der Waals surface area (Å²) in [5.74, 6) is 6.15. The molecule has 0 amide bonds. The highest BCUT2D eigenvalue weighted by molar-refractivity contribution is 5.03. The molecule has 0 radical (unpaired) electrons. The average molecular weight is 225 g/mol. The molecular weight excluding hydrogens is 198 g/mol. The van der Waals surface area contributed by atoms with Crippen molar-refractivity contribution in [1.29, 1.82) is 0 Å². The molecule has 2 nitrogen and oxygen atoms in total. The van der Waals surface area contributed by atoms with Crippen LogP contribution in [0.2, 0.25) is 0 Å². The van der Waals surface area contributed by atoms with E-state index in [2.05, 4.69) is 44.9 Å². The molecule has 16 heavy (non-hydrogen) atoms. The number of ether oxygens (including phenoxy) is 1. The number of nitrogens with one attached hydrogen (secondary N) is 1. The highest BCUT2D eigenvalue weighted by atomic mass is 16.5. The van der Waals surface area contributed by atoms with Crippen LogP contribution in [-0.4, -0.2) is 24.8 Å². The normalized spacial score (nSPS) is 13.1. The summed E-state index contributed by atoms with van der Waals surface area (Å²) in [7, 11) is 0. The SMILES string of the molecule is CC#CCC(NCC)C(CC)(CC)OCC. The van der Waals surface area contributed by atoms with E-state index >= 15 is 0 Å². The van der Waals surface area contributed by atoms with Gasteiger partial charge >= 0.3 is 0 Å². The van der Waals surface area contributed by atoms with Gasteiger partial charge in [-0.15, -0.1) is 11.8 Å². The van der Waals surface area contributed by atoms with Crippen molar-refractivity contribution in [2.75, 3.05) is 13.2 Å². The van der Waals surface area contributed by atoms with Gasteiger partial charge in [0.1, 0.15) is 0 Å². The summed E-state index contributed by atoms with van der Waals surface area (Å²) in [6.07, 6.45) is 2.92. The molecule has 0 aliphatic carbocycles. The monoisotopic (exact) mass is 225 g/mol. The minimum atomic E-state index is -0.0609. The standard InChI is InChI=1S/C14H27NO/c1-6-11-12-13(15-9-4)14(7-2,8-3)16-10-5/h13,15H,7-10,12H2,1-5H3. The Labute approximate surface area is 101 Å². The van der Waals surface area contributed by atoms with Crippen molar-refractivity contribution in [2.45, 2.75) is 65.5 Å². The summed E-state index contributed by atoms with van der Waals surface area (Å²) in [4.78, 5) is 0. The Kier molecular flexibility index (Phi) is 8.33. The summed E-state index contributed by atoms with van der Waals surface area (Å²) in [6.45, 7) is 12.2. The average Bonchev–Trinajstić information content (AvgIpc) is 2.32.